The van der Waals surface area contributed by atoms with E-state index in [1.807, 2.05) is 0 Å². The van der Waals surface area contributed by atoms with Gasteiger partial charge in [0.15, 0.2) is 0 Å². The van der Waals surface area contributed by atoms with Crippen molar-refractivity contribution in [2.24, 2.45) is 5.73 Å². The van der Waals surface area contributed by atoms with Crippen molar-refractivity contribution in [2.45, 2.75) is 37.8 Å². The zero-order chi connectivity index (χ0) is 13.1. The van der Waals surface area contributed by atoms with Gasteiger partial charge < -0.3 is 11.1 Å². The molecule has 3 N–H and O–H groups in total. The molecule has 98 valence electrons. The average molecular weight is 315 g/mol. The minimum atomic E-state index is -0.528. The molecule has 1 fully saturated rings. The van der Waals surface area contributed by atoms with Crippen LogP contribution in [0.4, 0.5) is 4.39 Å². The topological polar surface area (TPSA) is 55.1 Å². The Hall–Kier alpha value is -0.940. The molecule has 2 unspecified atom stereocenters. The Labute approximate surface area is 114 Å². The number of nitrogens with two attached hydrogens (primary N) is 1. The van der Waals surface area contributed by atoms with E-state index in [-0.39, 0.29) is 17.6 Å². The quantitative estimate of drug-likeness (QED) is 0.881. The first-order valence-electron chi connectivity index (χ1n) is 6.10. The summed E-state index contributed by atoms with van der Waals surface area (Å²) in [5, 5.41) is 2.83. The largest absolute Gasteiger partial charge is 0.348 e. The maximum atomic E-state index is 13.8. The monoisotopic (exact) mass is 314 g/mol. The molecule has 2 rings (SSSR count). The van der Waals surface area contributed by atoms with Crippen molar-refractivity contribution in [3.05, 3.63) is 34.1 Å². The lowest BCUT2D eigenvalue weighted by Crippen LogP contribution is -2.49. The van der Waals surface area contributed by atoms with E-state index in [0.717, 1.165) is 25.7 Å². The van der Waals surface area contributed by atoms with Crippen LogP contribution < -0.4 is 11.1 Å². The summed E-state index contributed by atoms with van der Waals surface area (Å²) in [5.41, 5.74) is 6.01. The molecule has 0 aliphatic heterocycles. The number of carbonyl (C=O) groups excluding carboxylic acids is 1. The SMILES string of the molecule is NC1CCCCC1NC(=O)c1cccc(Br)c1F. The standard InChI is InChI=1S/C13H16BrFN2O/c14-9-5-3-4-8(12(9)15)13(18)17-11-7-2-1-6-10(11)16/h3-5,10-11H,1-2,6-7,16H2,(H,17,18). The minimum Gasteiger partial charge on any atom is -0.348 e. The highest BCUT2D eigenvalue weighted by Gasteiger charge is 2.24. The summed E-state index contributed by atoms with van der Waals surface area (Å²) in [6, 6.07) is 4.60. The maximum absolute atomic E-state index is 13.8. The third kappa shape index (κ3) is 2.90. The molecule has 2 atom stereocenters. The summed E-state index contributed by atoms with van der Waals surface area (Å²) in [7, 11) is 0. The molecule has 0 bridgehead atoms. The lowest BCUT2D eigenvalue weighted by Gasteiger charge is -2.29. The second kappa shape index (κ2) is 5.80. The fraction of sp³-hybridized carbons (Fsp3) is 0.462. The molecule has 0 aromatic heterocycles. The Morgan fingerprint density at radius 3 is 2.83 bits per heavy atom. The van der Waals surface area contributed by atoms with Crippen molar-refractivity contribution >= 4 is 21.8 Å². The van der Waals surface area contributed by atoms with Crippen molar-refractivity contribution in [3.63, 3.8) is 0 Å². The summed E-state index contributed by atoms with van der Waals surface area (Å²) < 4.78 is 14.1. The molecular formula is C13H16BrFN2O. The molecule has 1 aliphatic carbocycles. The molecular weight excluding hydrogens is 299 g/mol. The Morgan fingerprint density at radius 2 is 2.11 bits per heavy atom. The highest BCUT2D eigenvalue weighted by atomic mass is 79.9. The number of benzene rings is 1. The Morgan fingerprint density at radius 1 is 1.39 bits per heavy atom. The smallest absolute Gasteiger partial charge is 0.254 e. The van der Waals surface area contributed by atoms with Crippen molar-refractivity contribution in [2.75, 3.05) is 0 Å². The van der Waals surface area contributed by atoms with Gasteiger partial charge in [-0.2, -0.15) is 0 Å². The number of rotatable bonds is 2. The second-order valence-corrected chi connectivity index (χ2v) is 5.48. The van der Waals surface area contributed by atoms with Gasteiger partial charge >= 0.3 is 0 Å². The van der Waals surface area contributed by atoms with Crippen LogP contribution in [0.5, 0.6) is 0 Å². The normalized spacial score (nSPS) is 23.7. The van der Waals surface area contributed by atoms with Gasteiger partial charge in [-0.25, -0.2) is 4.39 Å². The number of amides is 1. The second-order valence-electron chi connectivity index (χ2n) is 4.63. The Kier molecular flexibility index (Phi) is 4.35. The molecule has 1 aromatic carbocycles. The van der Waals surface area contributed by atoms with Gasteiger partial charge in [-0.05, 0) is 40.9 Å². The van der Waals surface area contributed by atoms with E-state index in [1.54, 1.807) is 12.1 Å². The van der Waals surface area contributed by atoms with Gasteiger partial charge in [-0.1, -0.05) is 18.9 Å². The van der Waals surface area contributed by atoms with Crippen LogP contribution in [0.1, 0.15) is 36.0 Å². The first-order valence-corrected chi connectivity index (χ1v) is 6.89. The van der Waals surface area contributed by atoms with Gasteiger partial charge in [-0.3, -0.25) is 4.79 Å². The average Bonchev–Trinajstić information content (AvgIpc) is 2.35. The van der Waals surface area contributed by atoms with Gasteiger partial charge in [0.25, 0.3) is 5.91 Å². The number of halogens is 2. The molecule has 0 spiro atoms. The van der Waals surface area contributed by atoms with Gasteiger partial charge in [0.2, 0.25) is 0 Å². The summed E-state index contributed by atoms with van der Waals surface area (Å²) in [5.74, 6) is -0.921. The Bertz CT molecular complexity index is 453. The van der Waals surface area contributed by atoms with E-state index in [4.69, 9.17) is 5.73 Å². The molecule has 5 heteroatoms. The van der Waals surface area contributed by atoms with Crippen LogP contribution in [-0.2, 0) is 0 Å². The molecule has 1 saturated carbocycles. The first kappa shape index (κ1) is 13.5. The van der Waals surface area contributed by atoms with E-state index >= 15 is 0 Å². The van der Waals surface area contributed by atoms with Crippen molar-refractivity contribution < 1.29 is 9.18 Å². The molecule has 3 nitrogen and oxygen atoms in total. The van der Waals surface area contributed by atoms with Crippen molar-refractivity contribution in [1.29, 1.82) is 0 Å². The lowest BCUT2D eigenvalue weighted by molar-refractivity contribution is 0.0917. The Balaban J connectivity index is 2.09. The van der Waals surface area contributed by atoms with Crippen molar-refractivity contribution in [3.8, 4) is 0 Å². The van der Waals surface area contributed by atoms with Gasteiger partial charge in [0.1, 0.15) is 5.82 Å². The number of hydrogen-bond donors (Lipinski definition) is 2. The zero-order valence-corrected chi connectivity index (χ0v) is 11.5. The highest BCUT2D eigenvalue weighted by Crippen LogP contribution is 2.20. The van der Waals surface area contributed by atoms with E-state index < -0.39 is 11.7 Å². The van der Waals surface area contributed by atoms with E-state index in [1.165, 1.54) is 6.07 Å². The fourth-order valence-electron chi connectivity index (χ4n) is 2.26. The summed E-state index contributed by atoms with van der Waals surface area (Å²) in [6.45, 7) is 0. The molecule has 0 radical (unpaired) electrons. The van der Waals surface area contributed by atoms with Gasteiger partial charge in [0, 0.05) is 12.1 Å². The van der Waals surface area contributed by atoms with Crippen LogP contribution in [-0.4, -0.2) is 18.0 Å². The molecule has 1 aromatic rings. The zero-order valence-electron chi connectivity index (χ0n) is 9.96. The summed E-state index contributed by atoms with van der Waals surface area (Å²) in [6.07, 6.45) is 3.92. The van der Waals surface area contributed by atoms with Crippen LogP contribution in [0.25, 0.3) is 0 Å². The maximum Gasteiger partial charge on any atom is 0.254 e. The van der Waals surface area contributed by atoms with Crippen molar-refractivity contribution in [1.82, 2.24) is 5.32 Å². The van der Waals surface area contributed by atoms with Crippen LogP contribution in [0, 0.1) is 5.82 Å². The van der Waals surface area contributed by atoms with Gasteiger partial charge in [0.05, 0.1) is 10.0 Å². The summed E-state index contributed by atoms with van der Waals surface area (Å²) in [4.78, 5) is 12.0. The summed E-state index contributed by atoms with van der Waals surface area (Å²) >= 11 is 3.07. The third-order valence-corrected chi connectivity index (χ3v) is 3.94. The molecule has 1 amide bonds. The predicted molar refractivity (Wildman–Crippen MR) is 71.8 cm³/mol. The first-order chi connectivity index (χ1) is 8.59. The molecule has 0 heterocycles. The van der Waals surface area contributed by atoms with E-state index in [0.29, 0.717) is 4.47 Å². The minimum absolute atomic E-state index is 0.0297. The highest BCUT2D eigenvalue weighted by molar-refractivity contribution is 9.10. The predicted octanol–water partition coefficient (Wildman–Crippen LogP) is 2.59. The lowest BCUT2D eigenvalue weighted by atomic mass is 9.91. The van der Waals surface area contributed by atoms with Crippen LogP contribution >= 0.6 is 15.9 Å². The van der Waals surface area contributed by atoms with E-state index in [2.05, 4.69) is 21.2 Å². The number of hydrogen-bond acceptors (Lipinski definition) is 2. The number of nitrogens with one attached hydrogen (secondary N) is 1. The van der Waals surface area contributed by atoms with Crippen LogP contribution in [0.15, 0.2) is 22.7 Å². The molecule has 0 saturated heterocycles. The van der Waals surface area contributed by atoms with E-state index in [9.17, 15) is 9.18 Å². The third-order valence-electron chi connectivity index (χ3n) is 3.33. The number of carbonyl (C=O) groups is 1. The fourth-order valence-corrected chi connectivity index (χ4v) is 2.63. The van der Waals surface area contributed by atoms with Crippen LogP contribution in [0.3, 0.4) is 0 Å². The molecule has 1 aliphatic rings. The van der Waals surface area contributed by atoms with Crippen LogP contribution in [0.2, 0.25) is 0 Å². The van der Waals surface area contributed by atoms with Gasteiger partial charge in [-0.15, -0.1) is 0 Å². The molecule has 18 heavy (non-hydrogen) atoms.